The minimum atomic E-state index is -4.53. The predicted molar refractivity (Wildman–Crippen MR) is 104 cm³/mol. The molecule has 0 aliphatic carbocycles. The van der Waals surface area contributed by atoms with Gasteiger partial charge in [0, 0.05) is 38.3 Å². The van der Waals surface area contributed by atoms with E-state index in [4.69, 9.17) is 9.47 Å². The zero-order chi connectivity index (χ0) is 21.8. The van der Waals surface area contributed by atoms with Crippen molar-refractivity contribution in [2.45, 2.75) is 56.6 Å². The third-order valence-electron chi connectivity index (χ3n) is 6.81. The van der Waals surface area contributed by atoms with Crippen LogP contribution in [0.15, 0.2) is 10.9 Å². The van der Waals surface area contributed by atoms with Crippen LogP contribution in [0.3, 0.4) is 0 Å². The Balaban J connectivity index is 1.49. The van der Waals surface area contributed by atoms with E-state index in [0.717, 1.165) is 11.3 Å². The van der Waals surface area contributed by atoms with Crippen molar-refractivity contribution in [3.63, 3.8) is 0 Å². The standard InChI is InChI=1S/C20H25F3N4O4/c21-20(22,23)16-1-4-25-18(29)8-17(26-9-14-7-13(26)11-31-14)24-19(25)27(16)10-15(28)12-2-5-30-6-3-12/h8,12-14,16H,1-7,9-11H2/t13?,14-,16-/m0/s1. The van der Waals surface area contributed by atoms with Gasteiger partial charge in [-0.3, -0.25) is 14.2 Å². The van der Waals surface area contributed by atoms with Crippen LogP contribution in [0, 0.1) is 5.92 Å². The van der Waals surface area contributed by atoms with E-state index in [1.165, 1.54) is 10.6 Å². The molecule has 0 saturated carbocycles. The topological polar surface area (TPSA) is 76.9 Å². The number of fused-ring (bicyclic) bond motifs is 3. The summed E-state index contributed by atoms with van der Waals surface area (Å²) in [6.45, 7) is 1.43. The molecule has 31 heavy (non-hydrogen) atoms. The Kier molecular flexibility index (Phi) is 5.20. The van der Waals surface area contributed by atoms with Gasteiger partial charge in [-0.1, -0.05) is 0 Å². The molecule has 4 aliphatic heterocycles. The first-order chi connectivity index (χ1) is 14.8. The average molecular weight is 442 g/mol. The number of morpholine rings is 1. The van der Waals surface area contributed by atoms with Gasteiger partial charge in [-0.25, -0.2) is 0 Å². The number of rotatable bonds is 4. The molecule has 5 heterocycles. The van der Waals surface area contributed by atoms with Crippen molar-refractivity contribution in [1.29, 1.82) is 0 Å². The number of carbonyl (C=O) groups is 1. The minimum Gasteiger partial charge on any atom is -0.381 e. The van der Waals surface area contributed by atoms with Crippen LogP contribution in [0.1, 0.15) is 25.7 Å². The molecule has 0 aromatic carbocycles. The number of halogens is 3. The molecule has 1 unspecified atom stereocenters. The summed E-state index contributed by atoms with van der Waals surface area (Å²) in [6.07, 6.45) is -2.95. The van der Waals surface area contributed by atoms with Crippen molar-refractivity contribution in [3.8, 4) is 0 Å². The van der Waals surface area contributed by atoms with Crippen LogP contribution in [0.4, 0.5) is 24.9 Å². The molecule has 3 atom stereocenters. The van der Waals surface area contributed by atoms with Crippen LogP contribution >= 0.6 is 0 Å². The van der Waals surface area contributed by atoms with Crippen molar-refractivity contribution in [1.82, 2.24) is 9.55 Å². The number of aromatic nitrogens is 2. The van der Waals surface area contributed by atoms with E-state index in [1.54, 1.807) is 0 Å². The molecule has 0 radical (unpaired) electrons. The Morgan fingerprint density at radius 1 is 1.23 bits per heavy atom. The zero-order valence-electron chi connectivity index (χ0n) is 17.0. The summed E-state index contributed by atoms with van der Waals surface area (Å²) in [7, 11) is 0. The number of hydrogen-bond acceptors (Lipinski definition) is 7. The number of ketones is 1. The molecule has 5 rings (SSSR count). The Hall–Kier alpha value is -2.14. The Morgan fingerprint density at radius 2 is 2.00 bits per heavy atom. The summed E-state index contributed by atoms with van der Waals surface area (Å²) < 4.78 is 53.8. The van der Waals surface area contributed by atoms with Crippen molar-refractivity contribution in [3.05, 3.63) is 16.4 Å². The molecule has 3 saturated heterocycles. The maximum Gasteiger partial charge on any atom is 0.408 e. The lowest BCUT2D eigenvalue weighted by Gasteiger charge is -2.40. The van der Waals surface area contributed by atoms with E-state index in [2.05, 4.69) is 4.98 Å². The van der Waals surface area contributed by atoms with Gasteiger partial charge in [-0.15, -0.1) is 0 Å². The lowest BCUT2D eigenvalue weighted by molar-refractivity contribution is -0.153. The van der Waals surface area contributed by atoms with E-state index in [-0.39, 0.29) is 42.8 Å². The number of nitrogens with zero attached hydrogens (tertiary/aromatic N) is 4. The smallest absolute Gasteiger partial charge is 0.381 e. The highest BCUT2D eigenvalue weighted by molar-refractivity contribution is 5.85. The van der Waals surface area contributed by atoms with Crippen LogP contribution in [0.25, 0.3) is 0 Å². The lowest BCUT2D eigenvalue weighted by atomic mass is 9.94. The van der Waals surface area contributed by atoms with Gasteiger partial charge in [0.2, 0.25) is 5.95 Å². The third-order valence-corrected chi connectivity index (χ3v) is 6.81. The van der Waals surface area contributed by atoms with E-state index >= 15 is 0 Å². The summed E-state index contributed by atoms with van der Waals surface area (Å²) in [5.74, 6) is -0.308. The predicted octanol–water partition coefficient (Wildman–Crippen LogP) is 1.36. The molecule has 0 N–H and O–H groups in total. The van der Waals surface area contributed by atoms with Gasteiger partial charge in [0.25, 0.3) is 5.56 Å². The van der Waals surface area contributed by atoms with Crippen LogP contribution < -0.4 is 15.4 Å². The van der Waals surface area contributed by atoms with Gasteiger partial charge in [-0.2, -0.15) is 18.2 Å². The van der Waals surface area contributed by atoms with E-state index in [9.17, 15) is 22.8 Å². The Morgan fingerprint density at radius 3 is 2.65 bits per heavy atom. The zero-order valence-corrected chi connectivity index (χ0v) is 17.0. The number of Topliss-reactive ketones (excluding diaryl/α,β-unsaturated/α-hetero) is 1. The fourth-order valence-corrected chi connectivity index (χ4v) is 5.12. The highest BCUT2D eigenvalue weighted by atomic mass is 19.4. The number of carbonyl (C=O) groups excluding carboxylic acids is 1. The van der Waals surface area contributed by atoms with Gasteiger partial charge in [-0.05, 0) is 25.7 Å². The van der Waals surface area contributed by atoms with Crippen molar-refractivity contribution in [2.24, 2.45) is 5.92 Å². The van der Waals surface area contributed by atoms with Crippen molar-refractivity contribution < 1.29 is 27.4 Å². The molecule has 2 bridgehead atoms. The third kappa shape index (κ3) is 3.82. The molecule has 1 aromatic heterocycles. The van der Waals surface area contributed by atoms with Crippen LogP contribution in [-0.4, -0.2) is 72.6 Å². The molecule has 8 nitrogen and oxygen atoms in total. The minimum absolute atomic E-state index is 0.0553. The SMILES string of the molecule is O=C(CN1c2nc(N3C[C@@H]4CC3CO4)cc(=O)n2CC[C@H]1C(F)(F)F)C1CCOCC1. The largest absolute Gasteiger partial charge is 0.408 e. The summed E-state index contributed by atoms with van der Waals surface area (Å²) in [5, 5.41) is 0. The fraction of sp³-hybridized carbons (Fsp3) is 0.750. The molecule has 11 heteroatoms. The number of alkyl halides is 3. The van der Waals surface area contributed by atoms with Crippen LogP contribution in [0.2, 0.25) is 0 Å². The monoisotopic (exact) mass is 442 g/mol. The first-order valence-electron chi connectivity index (χ1n) is 10.7. The van der Waals surface area contributed by atoms with Crippen LogP contribution in [0.5, 0.6) is 0 Å². The highest BCUT2D eigenvalue weighted by Gasteiger charge is 2.48. The second kappa shape index (κ2) is 7.77. The van der Waals surface area contributed by atoms with Crippen molar-refractivity contribution in [2.75, 3.05) is 42.7 Å². The Labute approximate surface area is 176 Å². The molecule has 3 fully saturated rings. The summed E-state index contributed by atoms with van der Waals surface area (Å²) in [4.78, 5) is 33.1. The summed E-state index contributed by atoms with van der Waals surface area (Å²) in [6, 6.07) is -0.396. The fourth-order valence-electron chi connectivity index (χ4n) is 5.12. The molecule has 4 aliphatic rings. The van der Waals surface area contributed by atoms with Gasteiger partial charge < -0.3 is 19.3 Å². The normalized spacial score (nSPS) is 28.8. The maximum absolute atomic E-state index is 13.9. The lowest BCUT2D eigenvalue weighted by Crippen LogP contribution is -2.55. The molecule has 0 spiro atoms. The number of hydrogen-bond donors (Lipinski definition) is 0. The second-order valence-corrected chi connectivity index (χ2v) is 8.73. The average Bonchev–Trinajstić information content (AvgIpc) is 3.37. The van der Waals surface area contributed by atoms with Gasteiger partial charge in [0.1, 0.15) is 11.9 Å². The maximum atomic E-state index is 13.9. The number of ether oxygens (including phenoxy) is 2. The highest BCUT2D eigenvalue weighted by Crippen LogP contribution is 2.36. The molecule has 0 amide bonds. The number of anilines is 2. The Bertz CT molecular complexity index is 915. The van der Waals surface area contributed by atoms with Gasteiger partial charge >= 0.3 is 6.18 Å². The van der Waals surface area contributed by atoms with E-state index < -0.39 is 24.3 Å². The molecular formula is C20H25F3N4O4. The quantitative estimate of drug-likeness (QED) is 0.697. The second-order valence-electron chi connectivity index (χ2n) is 8.73. The first kappa shape index (κ1) is 20.7. The molecule has 1 aromatic rings. The summed E-state index contributed by atoms with van der Waals surface area (Å²) in [5.41, 5.74) is -0.396. The van der Waals surface area contributed by atoms with Crippen molar-refractivity contribution >= 4 is 17.5 Å². The van der Waals surface area contributed by atoms with Gasteiger partial charge in [0.05, 0.1) is 25.3 Å². The van der Waals surface area contributed by atoms with E-state index in [1.807, 2.05) is 4.90 Å². The van der Waals surface area contributed by atoms with Gasteiger partial charge in [0.15, 0.2) is 5.78 Å². The summed E-state index contributed by atoms with van der Waals surface area (Å²) >= 11 is 0. The van der Waals surface area contributed by atoms with E-state index in [0.29, 0.717) is 45.0 Å². The first-order valence-corrected chi connectivity index (χ1v) is 10.7. The molecule has 170 valence electrons. The van der Waals surface area contributed by atoms with Crippen LogP contribution in [-0.2, 0) is 20.8 Å². The molecular weight excluding hydrogens is 417 g/mol.